The maximum Gasteiger partial charge on any atom is 0.414 e. The van der Waals surface area contributed by atoms with Crippen LogP contribution in [0.2, 0.25) is 0 Å². The summed E-state index contributed by atoms with van der Waals surface area (Å²) in [5, 5.41) is 12.8. The van der Waals surface area contributed by atoms with Gasteiger partial charge >= 0.3 is 12.1 Å². The molecule has 3 aromatic rings. The minimum absolute atomic E-state index is 0.0366. The highest BCUT2D eigenvalue weighted by Crippen LogP contribution is 2.44. The van der Waals surface area contributed by atoms with E-state index in [1.54, 1.807) is 13.0 Å². The summed E-state index contributed by atoms with van der Waals surface area (Å²) in [7, 11) is 0. The van der Waals surface area contributed by atoms with Crippen molar-refractivity contribution >= 4 is 29.1 Å². The maximum absolute atomic E-state index is 13.0. The molecule has 0 bridgehead atoms. The first kappa shape index (κ1) is 19.2. The zero-order chi connectivity index (χ0) is 20.4. The quantitative estimate of drug-likeness (QED) is 0.597. The number of aliphatic carboxylic acids is 1. The number of benzene rings is 2. The smallest absolute Gasteiger partial charge is 0.414 e. The molecule has 1 aromatic heterocycles. The molecule has 0 aliphatic heterocycles. The first-order valence-electron chi connectivity index (χ1n) is 9.44. The lowest BCUT2D eigenvalue weighted by Gasteiger charge is -2.27. The molecule has 148 valence electrons. The summed E-state index contributed by atoms with van der Waals surface area (Å²) in [5.74, 6) is -0.991. The summed E-state index contributed by atoms with van der Waals surface area (Å²) in [6.07, 6.45) is -0.681. The third-order valence-electron chi connectivity index (χ3n) is 5.23. The normalized spacial score (nSPS) is 13.4. The van der Waals surface area contributed by atoms with Crippen LogP contribution in [0.3, 0.4) is 0 Å². The SMILES string of the molecule is C[C@H](CC(=O)O)N(C(=O)OCC1c2ccccc2-c2ccccc21)c1ccsc1. The Hall–Kier alpha value is -3.12. The summed E-state index contributed by atoms with van der Waals surface area (Å²) >= 11 is 1.45. The van der Waals surface area contributed by atoms with Crippen LogP contribution in [-0.4, -0.2) is 29.8 Å². The van der Waals surface area contributed by atoms with Crippen LogP contribution in [0, 0.1) is 0 Å². The molecule has 2 aromatic carbocycles. The highest BCUT2D eigenvalue weighted by molar-refractivity contribution is 7.08. The van der Waals surface area contributed by atoms with E-state index in [0.29, 0.717) is 5.69 Å². The second kappa shape index (κ2) is 8.09. The van der Waals surface area contributed by atoms with Crippen LogP contribution in [0.4, 0.5) is 10.5 Å². The van der Waals surface area contributed by atoms with Gasteiger partial charge in [-0.3, -0.25) is 9.69 Å². The van der Waals surface area contributed by atoms with Gasteiger partial charge in [-0.2, -0.15) is 11.3 Å². The molecular weight excluding hydrogens is 386 g/mol. The lowest BCUT2D eigenvalue weighted by molar-refractivity contribution is -0.137. The van der Waals surface area contributed by atoms with Crippen LogP contribution in [0.1, 0.15) is 30.4 Å². The Kier molecular flexibility index (Phi) is 5.36. The maximum atomic E-state index is 13.0. The van der Waals surface area contributed by atoms with E-state index in [2.05, 4.69) is 24.3 Å². The topological polar surface area (TPSA) is 66.8 Å². The van der Waals surface area contributed by atoms with Crippen molar-refractivity contribution in [1.82, 2.24) is 0 Å². The molecule has 5 nitrogen and oxygen atoms in total. The van der Waals surface area contributed by atoms with E-state index in [9.17, 15) is 9.59 Å². The zero-order valence-electron chi connectivity index (χ0n) is 15.9. The van der Waals surface area contributed by atoms with Crippen molar-refractivity contribution in [2.24, 2.45) is 0 Å². The fourth-order valence-corrected chi connectivity index (χ4v) is 4.57. The van der Waals surface area contributed by atoms with E-state index in [-0.39, 0.29) is 18.9 Å². The Morgan fingerprint density at radius 2 is 1.69 bits per heavy atom. The molecular formula is C23H21NO4S. The Morgan fingerprint density at radius 1 is 1.07 bits per heavy atom. The van der Waals surface area contributed by atoms with Crippen molar-refractivity contribution in [3.63, 3.8) is 0 Å². The van der Waals surface area contributed by atoms with Gasteiger partial charge in [0.1, 0.15) is 6.61 Å². The molecule has 1 N–H and O–H groups in total. The van der Waals surface area contributed by atoms with Crippen molar-refractivity contribution in [3.8, 4) is 11.1 Å². The van der Waals surface area contributed by atoms with Crippen molar-refractivity contribution in [1.29, 1.82) is 0 Å². The van der Waals surface area contributed by atoms with Gasteiger partial charge in [0.05, 0.1) is 12.1 Å². The third-order valence-corrected chi connectivity index (χ3v) is 5.90. The molecule has 0 spiro atoms. The van der Waals surface area contributed by atoms with Gasteiger partial charge in [-0.1, -0.05) is 48.5 Å². The third kappa shape index (κ3) is 3.76. The molecule has 0 saturated heterocycles. The molecule has 1 heterocycles. The number of thiophene rings is 1. The lowest BCUT2D eigenvalue weighted by Crippen LogP contribution is -2.40. The predicted molar refractivity (Wildman–Crippen MR) is 114 cm³/mol. The number of hydrogen-bond acceptors (Lipinski definition) is 4. The highest BCUT2D eigenvalue weighted by Gasteiger charge is 2.31. The van der Waals surface area contributed by atoms with Crippen molar-refractivity contribution in [2.45, 2.75) is 25.3 Å². The predicted octanol–water partition coefficient (Wildman–Crippen LogP) is 5.37. The minimum Gasteiger partial charge on any atom is -0.481 e. The van der Waals surface area contributed by atoms with Crippen LogP contribution in [0.25, 0.3) is 11.1 Å². The fourth-order valence-electron chi connectivity index (χ4n) is 3.94. The fraction of sp³-hybridized carbons (Fsp3) is 0.217. The van der Waals surface area contributed by atoms with Gasteiger partial charge in [0, 0.05) is 17.3 Å². The van der Waals surface area contributed by atoms with Crippen LogP contribution < -0.4 is 4.90 Å². The lowest BCUT2D eigenvalue weighted by atomic mass is 9.98. The molecule has 1 aliphatic rings. The van der Waals surface area contributed by atoms with E-state index in [0.717, 1.165) is 22.3 Å². The number of nitrogens with zero attached hydrogens (tertiary/aromatic N) is 1. The van der Waals surface area contributed by atoms with Crippen LogP contribution in [0.15, 0.2) is 65.4 Å². The molecule has 1 amide bonds. The van der Waals surface area contributed by atoms with E-state index in [4.69, 9.17) is 9.84 Å². The van der Waals surface area contributed by atoms with Crippen molar-refractivity contribution < 1.29 is 19.4 Å². The summed E-state index contributed by atoms with van der Waals surface area (Å²) in [5.41, 5.74) is 5.27. The summed E-state index contributed by atoms with van der Waals surface area (Å²) < 4.78 is 5.73. The number of rotatable bonds is 6. The van der Waals surface area contributed by atoms with Gasteiger partial charge in [-0.25, -0.2) is 4.79 Å². The molecule has 1 atom stereocenters. The number of carbonyl (C=O) groups excluding carboxylic acids is 1. The standard InChI is InChI=1S/C23H21NO4S/c1-15(12-22(25)26)24(16-10-11-29-14-16)23(27)28-13-21-19-8-4-2-6-17(19)18-7-3-5-9-20(18)21/h2-11,14-15,21H,12-13H2,1H3,(H,25,26)/t15-/m1/s1. The molecule has 29 heavy (non-hydrogen) atoms. The van der Waals surface area contributed by atoms with E-state index in [1.807, 2.05) is 35.0 Å². The summed E-state index contributed by atoms with van der Waals surface area (Å²) in [6, 6.07) is 17.6. The molecule has 0 unspecified atom stereocenters. The van der Waals surface area contributed by atoms with Gasteiger partial charge in [0.25, 0.3) is 0 Å². The monoisotopic (exact) mass is 407 g/mol. The molecule has 0 radical (unpaired) electrons. The number of carboxylic acid groups (broad SMARTS) is 1. The van der Waals surface area contributed by atoms with Crippen LogP contribution in [0.5, 0.6) is 0 Å². The van der Waals surface area contributed by atoms with Gasteiger partial charge in [-0.05, 0) is 40.6 Å². The number of carboxylic acids is 1. The molecule has 0 fully saturated rings. The van der Waals surface area contributed by atoms with E-state index >= 15 is 0 Å². The largest absolute Gasteiger partial charge is 0.481 e. The number of hydrogen-bond donors (Lipinski definition) is 1. The van der Waals surface area contributed by atoms with Crippen LogP contribution >= 0.6 is 11.3 Å². The molecule has 1 aliphatic carbocycles. The second-order valence-corrected chi connectivity index (χ2v) is 7.88. The van der Waals surface area contributed by atoms with Gasteiger partial charge < -0.3 is 9.84 Å². The number of anilines is 1. The van der Waals surface area contributed by atoms with E-state index in [1.165, 1.54) is 16.2 Å². The summed E-state index contributed by atoms with van der Waals surface area (Å²) in [4.78, 5) is 25.6. The minimum atomic E-state index is -0.954. The zero-order valence-corrected chi connectivity index (χ0v) is 16.8. The molecule has 6 heteroatoms. The first-order valence-corrected chi connectivity index (χ1v) is 10.4. The number of amides is 1. The van der Waals surface area contributed by atoms with Crippen molar-refractivity contribution in [2.75, 3.05) is 11.5 Å². The Bertz CT molecular complexity index is 985. The van der Waals surface area contributed by atoms with E-state index < -0.39 is 18.1 Å². The highest BCUT2D eigenvalue weighted by atomic mass is 32.1. The second-order valence-electron chi connectivity index (χ2n) is 7.10. The Labute approximate surface area is 173 Å². The Balaban J connectivity index is 1.56. The van der Waals surface area contributed by atoms with Crippen molar-refractivity contribution in [3.05, 3.63) is 76.5 Å². The number of carbonyl (C=O) groups is 2. The van der Waals surface area contributed by atoms with Crippen LogP contribution in [-0.2, 0) is 9.53 Å². The average molecular weight is 407 g/mol. The van der Waals surface area contributed by atoms with Gasteiger partial charge in [0.2, 0.25) is 0 Å². The van der Waals surface area contributed by atoms with Gasteiger partial charge in [0.15, 0.2) is 0 Å². The summed E-state index contributed by atoms with van der Waals surface area (Å²) in [6.45, 7) is 1.92. The number of fused-ring (bicyclic) bond motifs is 3. The first-order chi connectivity index (χ1) is 14.1. The molecule has 4 rings (SSSR count). The number of ether oxygens (including phenoxy) is 1. The van der Waals surface area contributed by atoms with Gasteiger partial charge in [-0.15, -0.1) is 0 Å². The molecule has 0 saturated carbocycles. The average Bonchev–Trinajstić information content (AvgIpc) is 3.33. The Morgan fingerprint density at radius 3 is 2.24 bits per heavy atom.